The molecule has 0 atom stereocenters. The van der Waals surface area contributed by atoms with E-state index in [0.717, 1.165) is 19.5 Å². The Kier molecular flexibility index (Phi) is 4.06. The van der Waals surface area contributed by atoms with Gasteiger partial charge in [-0.05, 0) is 34.5 Å². The summed E-state index contributed by atoms with van der Waals surface area (Å²) in [5.74, 6) is -0.471. The molecular weight excluding hydrogens is 305 g/mol. The van der Waals surface area contributed by atoms with Gasteiger partial charge in [-0.15, -0.1) is 0 Å². The second-order valence-corrected chi connectivity index (χ2v) is 4.77. The zero-order chi connectivity index (χ0) is 13.1. The Labute approximate surface area is 113 Å². The Morgan fingerprint density at radius 1 is 1.44 bits per heavy atom. The van der Waals surface area contributed by atoms with E-state index in [1.165, 1.54) is 19.2 Å². The molecule has 1 saturated heterocycles. The van der Waals surface area contributed by atoms with Gasteiger partial charge >= 0.3 is 0 Å². The highest BCUT2D eigenvalue weighted by atomic mass is 79.9. The predicted molar refractivity (Wildman–Crippen MR) is 67.3 cm³/mol. The van der Waals surface area contributed by atoms with E-state index < -0.39 is 5.82 Å². The molecule has 0 spiro atoms. The summed E-state index contributed by atoms with van der Waals surface area (Å²) in [5.41, 5.74) is 0. The van der Waals surface area contributed by atoms with Gasteiger partial charge in [-0.25, -0.2) is 4.39 Å². The lowest BCUT2D eigenvalue weighted by atomic mass is 10.2. The van der Waals surface area contributed by atoms with Crippen LogP contribution in [0.5, 0.6) is 11.5 Å². The van der Waals surface area contributed by atoms with Crippen LogP contribution in [0.2, 0.25) is 0 Å². The maximum Gasteiger partial charge on any atom is 0.260 e. The molecule has 0 aromatic heterocycles. The van der Waals surface area contributed by atoms with Crippen molar-refractivity contribution in [3.05, 3.63) is 22.4 Å². The smallest absolute Gasteiger partial charge is 0.260 e. The van der Waals surface area contributed by atoms with Crippen LogP contribution in [0.3, 0.4) is 0 Å². The van der Waals surface area contributed by atoms with Crippen molar-refractivity contribution < 1.29 is 18.7 Å². The van der Waals surface area contributed by atoms with Gasteiger partial charge in [0.2, 0.25) is 0 Å². The highest BCUT2D eigenvalue weighted by Gasteiger charge is 2.22. The molecule has 1 aromatic rings. The molecule has 0 aliphatic carbocycles. The largest absolute Gasteiger partial charge is 0.492 e. The van der Waals surface area contributed by atoms with Crippen molar-refractivity contribution in [3.63, 3.8) is 0 Å². The van der Waals surface area contributed by atoms with Crippen molar-refractivity contribution in [2.24, 2.45) is 0 Å². The van der Waals surface area contributed by atoms with Crippen LogP contribution >= 0.6 is 15.9 Å². The highest BCUT2D eigenvalue weighted by molar-refractivity contribution is 9.10. The first-order valence-electron chi connectivity index (χ1n) is 5.56. The fourth-order valence-corrected chi connectivity index (χ4v) is 2.10. The monoisotopic (exact) mass is 317 g/mol. The fraction of sp³-hybridized carbons (Fsp3) is 0.417. The third kappa shape index (κ3) is 2.58. The standard InChI is InChI=1S/C12H13BrFNO3/c1-17-11-8(13)3-4-9(14)12(11)18-7-10(16)15-5-2-6-15/h3-4H,2,5-7H2,1H3. The second kappa shape index (κ2) is 5.56. The molecule has 0 N–H and O–H groups in total. The van der Waals surface area contributed by atoms with Gasteiger partial charge in [-0.2, -0.15) is 0 Å². The third-order valence-electron chi connectivity index (χ3n) is 2.77. The summed E-state index contributed by atoms with van der Waals surface area (Å²) in [4.78, 5) is 13.3. The minimum absolute atomic E-state index is 0.0410. The van der Waals surface area contributed by atoms with E-state index in [4.69, 9.17) is 9.47 Å². The summed E-state index contributed by atoms with van der Waals surface area (Å²) in [6, 6.07) is 2.79. The average molecular weight is 318 g/mol. The number of hydrogen-bond acceptors (Lipinski definition) is 3. The topological polar surface area (TPSA) is 38.8 Å². The molecule has 98 valence electrons. The lowest BCUT2D eigenvalue weighted by Gasteiger charge is -2.30. The van der Waals surface area contributed by atoms with E-state index in [9.17, 15) is 9.18 Å². The fourth-order valence-electron chi connectivity index (χ4n) is 1.63. The molecular formula is C12H13BrFNO3. The molecule has 1 aliphatic rings. The van der Waals surface area contributed by atoms with Gasteiger partial charge in [0.1, 0.15) is 0 Å². The van der Waals surface area contributed by atoms with Crippen molar-refractivity contribution in [2.75, 3.05) is 26.8 Å². The van der Waals surface area contributed by atoms with Crippen LogP contribution < -0.4 is 9.47 Å². The van der Waals surface area contributed by atoms with Gasteiger partial charge in [0, 0.05) is 13.1 Å². The SMILES string of the molecule is COc1c(Br)ccc(F)c1OCC(=O)N1CCC1. The molecule has 1 aromatic carbocycles. The van der Waals surface area contributed by atoms with Crippen LogP contribution in [0, 0.1) is 5.82 Å². The summed E-state index contributed by atoms with van der Waals surface area (Å²) in [7, 11) is 1.42. The summed E-state index contributed by atoms with van der Waals surface area (Å²) in [5, 5.41) is 0. The van der Waals surface area contributed by atoms with Crippen LogP contribution in [-0.2, 0) is 4.79 Å². The van der Waals surface area contributed by atoms with E-state index in [2.05, 4.69) is 15.9 Å². The Hall–Kier alpha value is -1.30. The number of carbonyl (C=O) groups excluding carboxylic acids is 1. The maximum absolute atomic E-state index is 13.6. The van der Waals surface area contributed by atoms with E-state index in [1.54, 1.807) is 4.90 Å². The van der Waals surface area contributed by atoms with Gasteiger partial charge in [-0.3, -0.25) is 4.79 Å². The molecule has 0 unspecified atom stereocenters. The highest BCUT2D eigenvalue weighted by Crippen LogP contribution is 2.37. The molecule has 1 fully saturated rings. The predicted octanol–water partition coefficient (Wildman–Crippen LogP) is 2.21. The molecule has 1 amide bonds. The Morgan fingerprint density at radius 2 is 2.17 bits per heavy atom. The number of nitrogens with zero attached hydrogens (tertiary/aromatic N) is 1. The summed E-state index contributed by atoms with van der Waals surface area (Å²) < 4.78 is 24.5. The van der Waals surface area contributed by atoms with Crippen LogP contribution in [0.15, 0.2) is 16.6 Å². The molecule has 6 heteroatoms. The third-order valence-corrected chi connectivity index (χ3v) is 3.39. The normalized spacial score (nSPS) is 14.1. The summed E-state index contributed by atoms with van der Waals surface area (Å²) in [6.45, 7) is 1.32. The van der Waals surface area contributed by atoms with Gasteiger partial charge in [-0.1, -0.05) is 0 Å². The van der Waals surface area contributed by atoms with Gasteiger partial charge in [0.15, 0.2) is 23.9 Å². The number of hydrogen-bond donors (Lipinski definition) is 0. The lowest BCUT2D eigenvalue weighted by Crippen LogP contribution is -2.44. The van der Waals surface area contributed by atoms with Crippen LogP contribution in [0.4, 0.5) is 4.39 Å². The number of ether oxygens (including phenoxy) is 2. The number of carbonyl (C=O) groups is 1. The first kappa shape index (κ1) is 13.1. The zero-order valence-electron chi connectivity index (χ0n) is 9.91. The van der Waals surface area contributed by atoms with E-state index in [-0.39, 0.29) is 24.0 Å². The Balaban J connectivity index is 2.08. The molecule has 0 saturated carbocycles. The number of halogens is 2. The Morgan fingerprint density at radius 3 is 2.72 bits per heavy atom. The van der Waals surface area contributed by atoms with Crippen molar-refractivity contribution in [1.29, 1.82) is 0 Å². The first-order chi connectivity index (χ1) is 8.63. The van der Waals surface area contributed by atoms with Crippen LogP contribution in [-0.4, -0.2) is 37.6 Å². The molecule has 1 heterocycles. The quantitative estimate of drug-likeness (QED) is 0.854. The van der Waals surface area contributed by atoms with Crippen LogP contribution in [0.1, 0.15) is 6.42 Å². The zero-order valence-corrected chi connectivity index (χ0v) is 11.5. The van der Waals surface area contributed by atoms with E-state index >= 15 is 0 Å². The van der Waals surface area contributed by atoms with Crippen molar-refractivity contribution in [1.82, 2.24) is 4.90 Å². The van der Waals surface area contributed by atoms with Crippen LogP contribution in [0.25, 0.3) is 0 Å². The first-order valence-corrected chi connectivity index (χ1v) is 6.35. The number of benzene rings is 1. The van der Waals surface area contributed by atoms with Gasteiger partial charge in [0.25, 0.3) is 5.91 Å². The minimum atomic E-state index is -0.550. The maximum atomic E-state index is 13.6. The molecule has 1 aliphatic heterocycles. The number of rotatable bonds is 4. The van der Waals surface area contributed by atoms with Gasteiger partial charge in [0.05, 0.1) is 11.6 Å². The lowest BCUT2D eigenvalue weighted by molar-refractivity contribution is -0.136. The minimum Gasteiger partial charge on any atom is -0.492 e. The molecule has 0 radical (unpaired) electrons. The molecule has 4 nitrogen and oxygen atoms in total. The number of methoxy groups -OCH3 is 1. The van der Waals surface area contributed by atoms with E-state index in [0.29, 0.717) is 4.47 Å². The number of likely N-dealkylation sites (tertiary alicyclic amines) is 1. The summed E-state index contributed by atoms with van der Waals surface area (Å²) >= 11 is 3.24. The van der Waals surface area contributed by atoms with Crippen molar-refractivity contribution in [2.45, 2.75) is 6.42 Å². The van der Waals surface area contributed by atoms with E-state index in [1.807, 2.05) is 0 Å². The molecule has 18 heavy (non-hydrogen) atoms. The summed E-state index contributed by atoms with van der Waals surface area (Å²) in [6.07, 6.45) is 1.01. The second-order valence-electron chi connectivity index (χ2n) is 3.91. The Bertz CT molecular complexity index is 463. The van der Waals surface area contributed by atoms with Gasteiger partial charge < -0.3 is 14.4 Å². The molecule has 0 bridgehead atoms. The molecule has 2 rings (SSSR count). The van der Waals surface area contributed by atoms with Crippen molar-refractivity contribution in [3.8, 4) is 11.5 Å². The van der Waals surface area contributed by atoms with Crippen molar-refractivity contribution >= 4 is 21.8 Å². The number of amides is 1. The average Bonchev–Trinajstić information content (AvgIpc) is 2.27.